The van der Waals surface area contributed by atoms with Crippen molar-refractivity contribution < 1.29 is 9.90 Å². The first-order chi connectivity index (χ1) is 8.06. The van der Waals surface area contributed by atoms with Crippen LogP contribution in [-0.2, 0) is 6.54 Å². The third-order valence-electron chi connectivity index (χ3n) is 2.27. The van der Waals surface area contributed by atoms with Crippen LogP contribution in [0.1, 0.15) is 21.6 Å². The van der Waals surface area contributed by atoms with Crippen molar-refractivity contribution in [1.29, 1.82) is 0 Å². The molecule has 2 heterocycles. The fraction of sp³-hybridized carbons (Fsp3) is 0.182. The molecule has 88 valence electrons. The number of nitrogens with two attached hydrogens (primary N) is 1. The lowest BCUT2D eigenvalue weighted by molar-refractivity contribution is 0.0690. The van der Waals surface area contributed by atoms with Crippen molar-refractivity contribution in [2.75, 3.05) is 5.73 Å². The van der Waals surface area contributed by atoms with E-state index >= 15 is 0 Å². The van der Waals surface area contributed by atoms with E-state index in [4.69, 9.17) is 10.8 Å². The average molecular weight is 232 g/mol. The predicted molar refractivity (Wildman–Crippen MR) is 61.7 cm³/mol. The number of rotatable bonds is 3. The molecular formula is C11H12N4O2. The normalized spacial score (nSPS) is 10.4. The van der Waals surface area contributed by atoms with Crippen LogP contribution in [0.5, 0.6) is 0 Å². The summed E-state index contributed by atoms with van der Waals surface area (Å²) in [4.78, 5) is 14.8. The smallest absolute Gasteiger partial charge is 0.358 e. The van der Waals surface area contributed by atoms with Gasteiger partial charge in [-0.1, -0.05) is 6.07 Å². The van der Waals surface area contributed by atoms with Gasteiger partial charge in [0.25, 0.3) is 0 Å². The van der Waals surface area contributed by atoms with E-state index in [1.54, 1.807) is 12.4 Å². The average Bonchev–Trinajstić information content (AvgIpc) is 2.59. The van der Waals surface area contributed by atoms with Gasteiger partial charge in [0.2, 0.25) is 0 Å². The maximum absolute atomic E-state index is 10.8. The lowest BCUT2D eigenvalue weighted by Crippen LogP contribution is -2.04. The maximum atomic E-state index is 10.8. The Morgan fingerprint density at radius 1 is 1.53 bits per heavy atom. The number of carbonyl (C=O) groups is 1. The van der Waals surface area contributed by atoms with Crippen molar-refractivity contribution in [1.82, 2.24) is 14.8 Å². The Hall–Kier alpha value is -2.37. The number of aryl methyl sites for hydroxylation is 1. The molecule has 17 heavy (non-hydrogen) atoms. The summed E-state index contributed by atoms with van der Waals surface area (Å²) in [5, 5.41) is 12.7. The topological polar surface area (TPSA) is 94.0 Å². The van der Waals surface area contributed by atoms with Crippen LogP contribution < -0.4 is 5.73 Å². The second-order valence-corrected chi connectivity index (χ2v) is 3.81. The Kier molecular flexibility index (Phi) is 2.78. The first-order valence-electron chi connectivity index (χ1n) is 5.03. The fourth-order valence-electron chi connectivity index (χ4n) is 1.58. The zero-order valence-electron chi connectivity index (χ0n) is 9.29. The number of aromatic nitrogens is 3. The number of carboxylic acids is 1. The van der Waals surface area contributed by atoms with Crippen LogP contribution in [-0.4, -0.2) is 25.8 Å². The number of nitrogens with zero attached hydrogens (tertiary/aromatic N) is 3. The van der Waals surface area contributed by atoms with Gasteiger partial charge in [-0.25, -0.2) is 4.79 Å². The van der Waals surface area contributed by atoms with Gasteiger partial charge in [-0.05, 0) is 18.1 Å². The van der Waals surface area contributed by atoms with Gasteiger partial charge in [0.15, 0.2) is 5.69 Å². The van der Waals surface area contributed by atoms with Crippen molar-refractivity contribution in [2.45, 2.75) is 13.5 Å². The van der Waals surface area contributed by atoms with Gasteiger partial charge < -0.3 is 10.8 Å². The molecule has 0 aliphatic heterocycles. The number of aromatic carboxylic acids is 1. The van der Waals surface area contributed by atoms with Crippen LogP contribution in [0.3, 0.4) is 0 Å². The molecule has 6 heteroatoms. The van der Waals surface area contributed by atoms with Crippen LogP contribution in [0, 0.1) is 6.92 Å². The van der Waals surface area contributed by atoms with E-state index in [9.17, 15) is 4.79 Å². The van der Waals surface area contributed by atoms with Crippen LogP contribution in [0.2, 0.25) is 0 Å². The summed E-state index contributed by atoms with van der Waals surface area (Å²) in [5.41, 5.74) is 7.58. The van der Waals surface area contributed by atoms with Gasteiger partial charge in [0.1, 0.15) is 0 Å². The monoisotopic (exact) mass is 232 g/mol. The lowest BCUT2D eigenvalue weighted by Gasteiger charge is -2.01. The molecule has 0 saturated carbocycles. The minimum Gasteiger partial charge on any atom is -0.476 e. The first-order valence-corrected chi connectivity index (χ1v) is 5.03. The summed E-state index contributed by atoms with van der Waals surface area (Å²) < 4.78 is 1.50. The van der Waals surface area contributed by atoms with E-state index in [1.807, 2.05) is 13.0 Å². The number of hydrogen-bond donors (Lipinski definition) is 2. The Morgan fingerprint density at radius 2 is 2.29 bits per heavy atom. The molecule has 0 spiro atoms. The molecule has 0 aliphatic rings. The minimum absolute atomic E-state index is 0.120. The minimum atomic E-state index is -1.12. The van der Waals surface area contributed by atoms with Gasteiger partial charge in [0.05, 0.1) is 12.2 Å². The maximum Gasteiger partial charge on any atom is 0.358 e. The molecule has 2 aromatic rings. The van der Waals surface area contributed by atoms with Crippen molar-refractivity contribution in [3.63, 3.8) is 0 Å². The van der Waals surface area contributed by atoms with Gasteiger partial charge in [-0.15, -0.1) is 0 Å². The number of pyridine rings is 1. The number of carboxylic acid groups (broad SMARTS) is 1. The quantitative estimate of drug-likeness (QED) is 0.820. The summed E-state index contributed by atoms with van der Waals surface area (Å²) in [5.74, 6) is -1.12. The second-order valence-electron chi connectivity index (χ2n) is 3.81. The highest BCUT2D eigenvalue weighted by Gasteiger charge is 2.13. The molecule has 0 atom stereocenters. The van der Waals surface area contributed by atoms with E-state index < -0.39 is 5.97 Å². The second kappa shape index (κ2) is 4.25. The Bertz CT molecular complexity index is 562. The van der Waals surface area contributed by atoms with E-state index in [0.717, 1.165) is 11.1 Å². The highest BCUT2D eigenvalue weighted by molar-refractivity contribution is 5.91. The molecule has 3 N–H and O–H groups in total. The zero-order valence-corrected chi connectivity index (χ0v) is 9.29. The molecule has 0 bridgehead atoms. The van der Waals surface area contributed by atoms with Crippen LogP contribution in [0.4, 0.5) is 5.69 Å². The predicted octanol–water partition coefficient (Wildman–Crippen LogP) is 0.915. The Labute approximate surface area is 97.7 Å². The molecule has 0 unspecified atom stereocenters. The van der Waals surface area contributed by atoms with Crippen LogP contribution in [0.25, 0.3) is 0 Å². The summed E-state index contributed by atoms with van der Waals surface area (Å²) in [6.07, 6.45) is 4.97. The third kappa shape index (κ3) is 2.41. The molecule has 0 aliphatic carbocycles. The Balaban J connectivity index is 2.25. The molecule has 0 radical (unpaired) electrons. The largest absolute Gasteiger partial charge is 0.476 e. The Morgan fingerprint density at radius 3 is 2.88 bits per heavy atom. The van der Waals surface area contributed by atoms with Gasteiger partial charge in [-0.2, -0.15) is 5.10 Å². The standard InChI is InChI=1S/C11H12N4O2/c1-7-2-8(4-13-3-7)5-15-6-9(12)10(14-15)11(16)17/h2-4,6H,5,12H2,1H3,(H,16,17). The van der Waals surface area contributed by atoms with Crippen molar-refractivity contribution in [3.05, 3.63) is 41.5 Å². The summed E-state index contributed by atoms with van der Waals surface area (Å²) >= 11 is 0. The van der Waals surface area contributed by atoms with Crippen LogP contribution in [0.15, 0.2) is 24.7 Å². The van der Waals surface area contributed by atoms with E-state index in [-0.39, 0.29) is 11.4 Å². The number of anilines is 1. The molecule has 0 saturated heterocycles. The molecule has 0 fully saturated rings. The molecular weight excluding hydrogens is 220 g/mol. The van der Waals surface area contributed by atoms with E-state index in [0.29, 0.717) is 6.54 Å². The summed E-state index contributed by atoms with van der Waals surface area (Å²) in [7, 11) is 0. The number of hydrogen-bond acceptors (Lipinski definition) is 4. The van der Waals surface area contributed by atoms with E-state index in [2.05, 4.69) is 10.1 Å². The van der Waals surface area contributed by atoms with Gasteiger partial charge in [-0.3, -0.25) is 9.67 Å². The van der Waals surface area contributed by atoms with Crippen molar-refractivity contribution >= 4 is 11.7 Å². The zero-order chi connectivity index (χ0) is 12.4. The van der Waals surface area contributed by atoms with Crippen LogP contribution >= 0.6 is 0 Å². The fourth-order valence-corrected chi connectivity index (χ4v) is 1.58. The molecule has 0 amide bonds. The number of nitrogen functional groups attached to an aromatic ring is 1. The third-order valence-corrected chi connectivity index (χ3v) is 2.27. The highest BCUT2D eigenvalue weighted by atomic mass is 16.4. The molecule has 0 aromatic carbocycles. The van der Waals surface area contributed by atoms with Crippen molar-refractivity contribution in [2.24, 2.45) is 0 Å². The summed E-state index contributed by atoms with van der Waals surface area (Å²) in [6, 6.07) is 1.96. The van der Waals surface area contributed by atoms with E-state index in [1.165, 1.54) is 10.9 Å². The molecule has 2 aromatic heterocycles. The first kappa shape index (κ1) is 11.1. The molecule has 6 nitrogen and oxygen atoms in total. The molecule has 2 rings (SSSR count). The van der Waals surface area contributed by atoms with Gasteiger partial charge >= 0.3 is 5.97 Å². The highest BCUT2D eigenvalue weighted by Crippen LogP contribution is 2.11. The van der Waals surface area contributed by atoms with Crippen molar-refractivity contribution in [3.8, 4) is 0 Å². The van der Waals surface area contributed by atoms with Gasteiger partial charge in [0, 0.05) is 18.6 Å². The lowest BCUT2D eigenvalue weighted by atomic mass is 10.2. The summed E-state index contributed by atoms with van der Waals surface area (Å²) in [6.45, 7) is 2.39. The SMILES string of the molecule is Cc1cncc(Cn2cc(N)c(C(=O)O)n2)c1.